The lowest BCUT2D eigenvalue weighted by molar-refractivity contribution is -0.118. The highest BCUT2D eigenvalue weighted by Gasteiger charge is 2.22. The first kappa shape index (κ1) is 20.1. The number of rotatable bonds is 7. The van der Waals surface area contributed by atoms with Crippen LogP contribution in [0.5, 0.6) is 5.75 Å². The number of nitrogens with one attached hydrogen (secondary N) is 1. The quantitative estimate of drug-likeness (QED) is 0.613. The van der Waals surface area contributed by atoms with Crippen LogP contribution >= 0.6 is 0 Å². The Morgan fingerprint density at radius 2 is 1.45 bits per heavy atom. The second-order valence-electron chi connectivity index (χ2n) is 7.20. The van der Waals surface area contributed by atoms with E-state index in [0.29, 0.717) is 5.75 Å². The van der Waals surface area contributed by atoms with Crippen LogP contribution in [-0.2, 0) is 10.2 Å². The van der Waals surface area contributed by atoms with Crippen LogP contribution in [0.2, 0.25) is 0 Å². The predicted molar refractivity (Wildman–Crippen MR) is 113 cm³/mol. The van der Waals surface area contributed by atoms with Gasteiger partial charge in [-0.3, -0.25) is 4.79 Å². The van der Waals surface area contributed by atoms with Gasteiger partial charge >= 0.3 is 5.97 Å². The molecule has 0 aromatic heterocycles. The molecule has 0 unspecified atom stereocenters. The maximum atomic E-state index is 12.1. The zero-order valence-corrected chi connectivity index (χ0v) is 16.4. The molecule has 0 bridgehead atoms. The molecular weight excluding hydrogens is 366 g/mol. The molecule has 0 saturated heterocycles. The van der Waals surface area contributed by atoms with Gasteiger partial charge in [-0.05, 0) is 35.4 Å². The number of carbonyl (C=O) groups is 2. The summed E-state index contributed by atoms with van der Waals surface area (Å²) < 4.78 is 5.55. The number of hydrogen-bond acceptors (Lipinski definition) is 3. The van der Waals surface area contributed by atoms with Crippen LogP contribution < -0.4 is 10.1 Å². The smallest absolute Gasteiger partial charge is 0.337 e. The van der Waals surface area contributed by atoms with Gasteiger partial charge in [0.05, 0.1) is 11.3 Å². The van der Waals surface area contributed by atoms with Crippen molar-refractivity contribution in [2.75, 3.05) is 11.9 Å². The molecule has 0 aliphatic rings. The molecule has 29 heavy (non-hydrogen) atoms. The molecule has 3 aromatic carbocycles. The maximum absolute atomic E-state index is 12.1. The Morgan fingerprint density at radius 3 is 2.10 bits per heavy atom. The first-order valence-corrected chi connectivity index (χ1v) is 9.29. The molecule has 0 aliphatic carbocycles. The molecule has 148 valence electrons. The first-order valence-electron chi connectivity index (χ1n) is 9.29. The number of carbonyl (C=O) groups excluding carboxylic acids is 1. The van der Waals surface area contributed by atoms with E-state index >= 15 is 0 Å². The normalized spacial score (nSPS) is 11.0. The van der Waals surface area contributed by atoms with Gasteiger partial charge in [0.15, 0.2) is 6.61 Å². The number of amides is 1. The first-order chi connectivity index (χ1) is 13.9. The highest BCUT2D eigenvalue weighted by molar-refractivity contribution is 6.00. The van der Waals surface area contributed by atoms with Crippen molar-refractivity contribution in [2.45, 2.75) is 19.3 Å². The molecule has 2 N–H and O–H groups in total. The molecule has 5 heteroatoms. The van der Waals surface area contributed by atoms with E-state index < -0.39 is 11.9 Å². The SMILES string of the molecule is CC(C)(c1ccccc1)c1ccc(OCC(=O)Nc2ccccc2C(=O)O)cc1. The fourth-order valence-electron chi connectivity index (χ4n) is 3.10. The molecular formula is C24H23NO4. The minimum Gasteiger partial charge on any atom is -0.484 e. The van der Waals surface area contributed by atoms with Gasteiger partial charge in [-0.25, -0.2) is 4.79 Å². The number of carboxylic acids is 1. The molecule has 5 nitrogen and oxygen atoms in total. The third-order valence-electron chi connectivity index (χ3n) is 4.87. The summed E-state index contributed by atoms with van der Waals surface area (Å²) >= 11 is 0. The standard InChI is InChI=1S/C24H23NO4/c1-24(2,17-8-4-3-5-9-17)18-12-14-19(15-13-18)29-16-22(26)25-21-11-7-6-10-20(21)23(27)28/h3-15H,16H2,1-2H3,(H,25,26)(H,27,28). The maximum Gasteiger partial charge on any atom is 0.337 e. The molecule has 1 amide bonds. The highest BCUT2D eigenvalue weighted by Crippen LogP contribution is 2.32. The van der Waals surface area contributed by atoms with Crippen LogP contribution in [0.15, 0.2) is 78.9 Å². The van der Waals surface area contributed by atoms with E-state index in [4.69, 9.17) is 4.74 Å². The number of benzene rings is 3. The van der Waals surface area contributed by atoms with Gasteiger partial charge in [0, 0.05) is 5.41 Å². The summed E-state index contributed by atoms with van der Waals surface area (Å²) in [5, 5.41) is 11.8. The Kier molecular flexibility index (Phi) is 5.98. The third kappa shape index (κ3) is 4.82. The van der Waals surface area contributed by atoms with Crippen molar-refractivity contribution in [3.8, 4) is 5.75 Å². The van der Waals surface area contributed by atoms with E-state index in [9.17, 15) is 14.7 Å². The summed E-state index contributed by atoms with van der Waals surface area (Å²) in [6.45, 7) is 4.10. The highest BCUT2D eigenvalue weighted by atomic mass is 16.5. The third-order valence-corrected chi connectivity index (χ3v) is 4.87. The molecule has 0 radical (unpaired) electrons. The molecule has 3 rings (SSSR count). The molecule has 3 aromatic rings. The lowest BCUT2D eigenvalue weighted by Crippen LogP contribution is -2.22. The second-order valence-corrected chi connectivity index (χ2v) is 7.20. The average Bonchev–Trinajstić information content (AvgIpc) is 2.73. The van der Waals surface area contributed by atoms with Crippen LogP contribution in [0.25, 0.3) is 0 Å². The fraction of sp³-hybridized carbons (Fsp3) is 0.167. The molecule has 0 fully saturated rings. The van der Waals surface area contributed by atoms with Gasteiger partial charge in [-0.1, -0.05) is 68.4 Å². The number of hydrogen-bond donors (Lipinski definition) is 2. The van der Waals surface area contributed by atoms with E-state index in [-0.39, 0.29) is 23.3 Å². The van der Waals surface area contributed by atoms with Crippen molar-refractivity contribution in [3.63, 3.8) is 0 Å². The van der Waals surface area contributed by atoms with Gasteiger partial charge < -0.3 is 15.2 Å². The summed E-state index contributed by atoms with van der Waals surface area (Å²) in [4.78, 5) is 23.4. The van der Waals surface area contributed by atoms with E-state index in [0.717, 1.165) is 5.56 Å². The number of ether oxygens (including phenoxy) is 1. The monoisotopic (exact) mass is 389 g/mol. The molecule has 0 saturated carbocycles. The van der Waals surface area contributed by atoms with Crippen LogP contribution in [-0.4, -0.2) is 23.6 Å². The van der Waals surface area contributed by atoms with Crippen molar-refractivity contribution in [1.82, 2.24) is 0 Å². The average molecular weight is 389 g/mol. The Labute approximate surface area is 170 Å². The number of para-hydroxylation sites is 1. The van der Waals surface area contributed by atoms with Gasteiger partial charge in [0.1, 0.15) is 5.75 Å². The summed E-state index contributed by atoms with van der Waals surface area (Å²) in [6, 6.07) is 24.1. The molecule has 0 aliphatic heterocycles. The summed E-state index contributed by atoms with van der Waals surface area (Å²) in [7, 11) is 0. The van der Waals surface area contributed by atoms with E-state index in [2.05, 4.69) is 31.3 Å². The van der Waals surface area contributed by atoms with Crippen LogP contribution in [0.1, 0.15) is 35.3 Å². The topological polar surface area (TPSA) is 75.6 Å². The summed E-state index contributed by atoms with van der Waals surface area (Å²) in [5.74, 6) is -0.954. The molecule has 0 spiro atoms. The van der Waals surface area contributed by atoms with Crippen molar-refractivity contribution in [3.05, 3.63) is 95.6 Å². The number of carboxylic acid groups (broad SMARTS) is 1. The predicted octanol–water partition coefficient (Wildman–Crippen LogP) is 4.73. The van der Waals surface area contributed by atoms with Gasteiger partial charge in [-0.15, -0.1) is 0 Å². The second kappa shape index (κ2) is 8.61. The van der Waals surface area contributed by atoms with Gasteiger partial charge in [-0.2, -0.15) is 0 Å². The van der Waals surface area contributed by atoms with Crippen LogP contribution in [0.4, 0.5) is 5.69 Å². The summed E-state index contributed by atoms with van der Waals surface area (Å²) in [6.07, 6.45) is 0. The Balaban J connectivity index is 1.62. The fourth-order valence-corrected chi connectivity index (χ4v) is 3.10. The van der Waals surface area contributed by atoms with Crippen molar-refractivity contribution in [1.29, 1.82) is 0 Å². The van der Waals surface area contributed by atoms with Crippen LogP contribution in [0, 0.1) is 0 Å². The van der Waals surface area contributed by atoms with Gasteiger partial charge in [0.25, 0.3) is 5.91 Å². The Hall–Kier alpha value is -3.60. The largest absolute Gasteiger partial charge is 0.484 e. The lowest BCUT2D eigenvalue weighted by atomic mass is 9.78. The van der Waals surface area contributed by atoms with E-state index in [1.807, 2.05) is 42.5 Å². The molecule has 0 atom stereocenters. The van der Waals surface area contributed by atoms with E-state index in [1.165, 1.54) is 11.6 Å². The van der Waals surface area contributed by atoms with E-state index in [1.54, 1.807) is 18.2 Å². The number of anilines is 1. The Morgan fingerprint density at radius 1 is 0.862 bits per heavy atom. The Bertz CT molecular complexity index is 995. The minimum absolute atomic E-state index is 0.0355. The molecule has 0 heterocycles. The summed E-state index contributed by atoms with van der Waals surface area (Å²) in [5.41, 5.74) is 2.47. The zero-order valence-electron chi connectivity index (χ0n) is 16.4. The van der Waals surface area contributed by atoms with Crippen LogP contribution in [0.3, 0.4) is 0 Å². The lowest BCUT2D eigenvalue weighted by Gasteiger charge is -2.26. The van der Waals surface area contributed by atoms with Gasteiger partial charge in [0.2, 0.25) is 0 Å². The zero-order chi connectivity index (χ0) is 20.9. The van der Waals surface area contributed by atoms with Crippen molar-refractivity contribution >= 4 is 17.6 Å². The minimum atomic E-state index is -1.10. The van der Waals surface area contributed by atoms with Crippen molar-refractivity contribution in [2.24, 2.45) is 0 Å². The number of aromatic carboxylic acids is 1. The van der Waals surface area contributed by atoms with Crippen molar-refractivity contribution < 1.29 is 19.4 Å².